The molecule has 3 heteroatoms. The highest BCUT2D eigenvalue weighted by Gasteiger charge is 2.48. The fourth-order valence-electron chi connectivity index (χ4n) is 7.00. The second kappa shape index (κ2) is 8.82. The van der Waals surface area contributed by atoms with Crippen LogP contribution in [0.2, 0.25) is 0 Å². The number of rotatable bonds is 3. The van der Waals surface area contributed by atoms with Gasteiger partial charge in [0, 0.05) is 35.8 Å². The van der Waals surface area contributed by atoms with Crippen LogP contribution in [0.3, 0.4) is 0 Å². The van der Waals surface area contributed by atoms with Crippen molar-refractivity contribution in [2.45, 2.75) is 15.2 Å². The maximum Gasteiger partial charge on any atom is 0.0731 e. The summed E-state index contributed by atoms with van der Waals surface area (Å²) in [4.78, 5) is 1.60. The molecule has 2 nitrogen and oxygen atoms in total. The SMILES string of the molecule is C=S1(=O)c2ccccc2C(c2ccccc2)(c2ccccc2)c2c1ccc1c2c2ccccc2n1-c1ccccc1. The Bertz CT molecular complexity index is 2160. The summed E-state index contributed by atoms with van der Waals surface area (Å²) in [6, 6.07) is 52.8. The van der Waals surface area contributed by atoms with E-state index in [9.17, 15) is 4.21 Å². The van der Waals surface area contributed by atoms with Crippen LogP contribution in [0, 0.1) is 0 Å². The van der Waals surface area contributed by atoms with Crippen LogP contribution < -0.4 is 0 Å². The molecule has 0 N–H and O–H groups in total. The van der Waals surface area contributed by atoms with Gasteiger partial charge in [-0.2, -0.15) is 0 Å². The van der Waals surface area contributed by atoms with Crippen molar-refractivity contribution in [3.63, 3.8) is 0 Å². The molecule has 7 aromatic rings. The highest BCUT2D eigenvalue weighted by molar-refractivity contribution is 8.00. The van der Waals surface area contributed by atoms with E-state index in [4.69, 9.17) is 0 Å². The summed E-state index contributed by atoms with van der Waals surface area (Å²) in [5.74, 6) is 4.44. The maximum absolute atomic E-state index is 14.9. The van der Waals surface area contributed by atoms with Crippen LogP contribution >= 0.6 is 0 Å². The normalized spacial score (nSPS) is 17.3. The minimum Gasteiger partial charge on any atom is -0.309 e. The molecule has 0 aliphatic carbocycles. The van der Waals surface area contributed by atoms with Crippen molar-refractivity contribution in [1.82, 2.24) is 4.57 Å². The average Bonchev–Trinajstić information content (AvgIpc) is 3.37. The fourth-order valence-corrected chi connectivity index (χ4v) is 8.99. The molecule has 41 heavy (non-hydrogen) atoms. The Morgan fingerprint density at radius 3 is 1.78 bits per heavy atom. The molecule has 0 saturated heterocycles. The highest BCUT2D eigenvalue weighted by atomic mass is 32.2. The summed E-state index contributed by atoms with van der Waals surface area (Å²) in [6.45, 7) is 0. The van der Waals surface area contributed by atoms with E-state index in [1.54, 1.807) is 0 Å². The first-order valence-corrected chi connectivity index (χ1v) is 15.6. The van der Waals surface area contributed by atoms with E-state index in [0.29, 0.717) is 0 Å². The van der Waals surface area contributed by atoms with Crippen molar-refractivity contribution in [1.29, 1.82) is 0 Å². The predicted octanol–water partition coefficient (Wildman–Crippen LogP) is 8.61. The Morgan fingerprint density at radius 1 is 0.537 bits per heavy atom. The molecule has 0 amide bonds. The molecule has 1 aromatic heterocycles. The lowest BCUT2D eigenvalue weighted by atomic mass is 9.64. The zero-order valence-electron chi connectivity index (χ0n) is 22.4. The molecule has 2 heterocycles. The molecular weight excluding hydrogens is 518 g/mol. The third kappa shape index (κ3) is 3.18. The van der Waals surface area contributed by atoms with Gasteiger partial charge in [0.25, 0.3) is 0 Å². The highest BCUT2D eigenvalue weighted by Crippen LogP contribution is 2.56. The van der Waals surface area contributed by atoms with Crippen LogP contribution in [0.1, 0.15) is 22.3 Å². The topological polar surface area (TPSA) is 22.0 Å². The lowest BCUT2D eigenvalue weighted by Gasteiger charge is -2.43. The van der Waals surface area contributed by atoms with Gasteiger partial charge in [-0.05, 0) is 64.5 Å². The summed E-state index contributed by atoms with van der Waals surface area (Å²) in [5, 5.41) is 2.24. The first-order chi connectivity index (χ1) is 20.1. The van der Waals surface area contributed by atoms with Gasteiger partial charge in [-0.3, -0.25) is 4.21 Å². The molecule has 6 aromatic carbocycles. The van der Waals surface area contributed by atoms with E-state index >= 15 is 0 Å². The molecule has 0 fully saturated rings. The predicted molar refractivity (Wildman–Crippen MR) is 171 cm³/mol. The first-order valence-electron chi connectivity index (χ1n) is 13.8. The summed E-state index contributed by atoms with van der Waals surface area (Å²) < 4.78 is 17.3. The zero-order chi connectivity index (χ0) is 27.6. The molecule has 8 rings (SSSR count). The van der Waals surface area contributed by atoms with Crippen LogP contribution in [0.4, 0.5) is 0 Å². The summed E-state index contributed by atoms with van der Waals surface area (Å²) in [7, 11) is -2.81. The molecule has 0 radical (unpaired) electrons. The molecule has 1 aliphatic heterocycles. The summed E-state index contributed by atoms with van der Waals surface area (Å²) in [5.41, 5.74) is 6.94. The number of aromatic nitrogens is 1. The number of hydrogen-bond acceptors (Lipinski definition) is 1. The number of fused-ring (bicyclic) bond motifs is 6. The van der Waals surface area contributed by atoms with E-state index in [1.165, 1.54) is 0 Å². The van der Waals surface area contributed by atoms with Crippen LogP contribution in [0.5, 0.6) is 0 Å². The lowest BCUT2D eigenvalue weighted by Crippen LogP contribution is -2.37. The van der Waals surface area contributed by atoms with E-state index in [0.717, 1.165) is 59.5 Å². The van der Waals surface area contributed by atoms with Crippen LogP contribution in [-0.4, -0.2) is 14.6 Å². The first kappa shape index (κ1) is 24.0. The third-order valence-electron chi connectivity index (χ3n) is 8.60. The van der Waals surface area contributed by atoms with Gasteiger partial charge in [-0.1, -0.05) is 115 Å². The van der Waals surface area contributed by atoms with Gasteiger partial charge >= 0.3 is 0 Å². The molecule has 1 aliphatic rings. The quantitative estimate of drug-likeness (QED) is 0.204. The van der Waals surface area contributed by atoms with Crippen LogP contribution in [-0.2, 0) is 14.9 Å². The van der Waals surface area contributed by atoms with Gasteiger partial charge in [0.15, 0.2) is 0 Å². The summed E-state index contributed by atoms with van der Waals surface area (Å²) in [6.07, 6.45) is 0. The van der Waals surface area contributed by atoms with Crippen molar-refractivity contribution < 1.29 is 4.21 Å². The van der Waals surface area contributed by atoms with Crippen LogP contribution in [0.15, 0.2) is 161 Å². The Kier molecular flexibility index (Phi) is 5.16. The second-order valence-corrected chi connectivity index (χ2v) is 12.9. The van der Waals surface area contributed by atoms with E-state index in [-0.39, 0.29) is 0 Å². The minimum absolute atomic E-state index is 0.710. The smallest absolute Gasteiger partial charge is 0.0731 e. The second-order valence-electron chi connectivity index (χ2n) is 10.7. The van der Waals surface area contributed by atoms with Gasteiger partial charge in [0.1, 0.15) is 0 Å². The van der Waals surface area contributed by atoms with Gasteiger partial charge in [0.2, 0.25) is 0 Å². The van der Waals surface area contributed by atoms with Gasteiger partial charge in [-0.25, -0.2) is 0 Å². The lowest BCUT2D eigenvalue weighted by molar-refractivity contribution is 0.655. The van der Waals surface area contributed by atoms with Crippen molar-refractivity contribution in [3.05, 3.63) is 174 Å². The van der Waals surface area contributed by atoms with Crippen molar-refractivity contribution in [2.75, 3.05) is 0 Å². The number of hydrogen-bond donors (Lipinski definition) is 0. The van der Waals surface area contributed by atoms with E-state index in [2.05, 4.69) is 144 Å². The number of para-hydroxylation sites is 2. The van der Waals surface area contributed by atoms with Gasteiger partial charge in [-0.15, -0.1) is 0 Å². The molecular formula is C38H27NOS. The molecule has 0 spiro atoms. The molecule has 196 valence electrons. The summed E-state index contributed by atoms with van der Waals surface area (Å²) >= 11 is 0. The largest absolute Gasteiger partial charge is 0.309 e. The monoisotopic (exact) mass is 545 g/mol. The number of nitrogens with zero attached hydrogens (tertiary/aromatic N) is 1. The standard InChI is InChI=1S/C38H27NOS/c1-41(40)34-24-14-12-22-31(34)38(27-15-5-2-6-16-27,28-17-7-3-8-18-28)37-35(41)26-25-33-36(37)30-21-11-13-23-32(30)39(33)29-19-9-4-10-20-29/h2-26H,1H2. The van der Waals surface area contributed by atoms with Crippen molar-refractivity contribution in [2.24, 2.45) is 0 Å². The van der Waals surface area contributed by atoms with Gasteiger partial charge in [0.05, 0.1) is 16.4 Å². The van der Waals surface area contributed by atoms with Crippen LogP contribution in [0.25, 0.3) is 27.5 Å². The Hall–Kier alpha value is -4.86. The van der Waals surface area contributed by atoms with E-state index < -0.39 is 14.9 Å². The van der Waals surface area contributed by atoms with Crippen molar-refractivity contribution in [3.8, 4) is 5.69 Å². The Balaban J connectivity index is 1.68. The molecule has 1 atom stereocenters. The molecule has 0 bridgehead atoms. The van der Waals surface area contributed by atoms with Gasteiger partial charge < -0.3 is 4.57 Å². The Morgan fingerprint density at radius 2 is 1.10 bits per heavy atom. The fraction of sp³-hybridized carbons (Fsp3) is 0.0263. The molecule has 1 unspecified atom stereocenters. The van der Waals surface area contributed by atoms with E-state index in [1.807, 2.05) is 18.2 Å². The maximum atomic E-state index is 14.9. The third-order valence-corrected chi connectivity index (χ3v) is 10.7. The average molecular weight is 546 g/mol. The minimum atomic E-state index is -2.81. The zero-order valence-corrected chi connectivity index (χ0v) is 23.2. The Labute approximate surface area is 240 Å². The van der Waals surface area contributed by atoms with Crippen molar-refractivity contribution >= 4 is 37.2 Å². The number of benzene rings is 6. The molecule has 0 saturated carbocycles.